The highest BCUT2D eigenvalue weighted by Crippen LogP contribution is 2.07. The third kappa shape index (κ3) is 4.92. The Bertz CT molecular complexity index is 361. The molecule has 88 valence electrons. The van der Waals surface area contributed by atoms with E-state index in [4.69, 9.17) is 4.74 Å². The van der Waals surface area contributed by atoms with Gasteiger partial charge in [0, 0.05) is 12.4 Å². The summed E-state index contributed by atoms with van der Waals surface area (Å²) in [6, 6.07) is 0. The molecule has 1 rings (SSSR count). The molecule has 7 heteroatoms. The van der Waals surface area contributed by atoms with E-state index >= 15 is 0 Å². The largest absolute Gasteiger partial charge is 0.443 e. The third-order valence-corrected chi connectivity index (χ3v) is 1.71. The molecule has 0 atom stereocenters. The minimum atomic E-state index is -0.584. The van der Waals surface area contributed by atoms with Crippen LogP contribution in [0.5, 0.6) is 0 Å². The number of hydrogen-bond donors (Lipinski definition) is 2. The number of nitrogens with zero attached hydrogens (tertiary/aromatic N) is 2. The molecule has 1 aromatic rings. The number of hydrogen-bond acceptors (Lipinski definition) is 5. The number of carbonyl (C=O) groups excluding carboxylic acids is 1. The molecule has 0 unspecified atom stereocenters. The van der Waals surface area contributed by atoms with Crippen LogP contribution in [0.25, 0.3) is 0 Å². The minimum Gasteiger partial charge on any atom is -0.443 e. The zero-order valence-corrected chi connectivity index (χ0v) is 10.8. The Morgan fingerprint density at radius 1 is 1.38 bits per heavy atom. The SMILES string of the molecule is CC(C)(C)OC(=O)NNc1ncc(Br)cn1. The molecule has 0 aliphatic heterocycles. The van der Waals surface area contributed by atoms with Crippen LogP contribution in [0.1, 0.15) is 20.8 Å². The van der Waals surface area contributed by atoms with E-state index in [1.807, 2.05) is 0 Å². The van der Waals surface area contributed by atoms with Gasteiger partial charge in [-0.1, -0.05) is 0 Å². The van der Waals surface area contributed by atoms with Gasteiger partial charge in [0.05, 0.1) is 4.47 Å². The highest BCUT2D eigenvalue weighted by molar-refractivity contribution is 9.10. The van der Waals surface area contributed by atoms with E-state index in [2.05, 4.69) is 36.7 Å². The first kappa shape index (κ1) is 12.7. The van der Waals surface area contributed by atoms with Crippen molar-refractivity contribution in [2.24, 2.45) is 0 Å². The van der Waals surface area contributed by atoms with Crippen LogP contribution in [0.3, 0.4) is 0 Å². The molecule has 0 bridgehead atoms. The second-order valence-electron chi connectivity index (χ2n) is 3.98. The molecule has 0 aliphatic carbocycles. The maximum Gasteiger partial charge on any atom is 0.426 e. The lowest BCUT2D eigenvalue weighted by Crippen LogP contribution is -2.36. The van der Waals surface area contributed by atoms with Crippen LogP contribution >= 0.6 is 15.9 Å². The number of ether oxygens (including phenoxy) is 1. The van der Waals surface area contributed by atoms with Crippen LogP contribution in [-0.4, -0.2) is 21.7 Å². The fourth-order valence-corrected chi connectivity index (χ4v) is 0.992. The van der Waals surface area contributed by atoms with Gasteiger partial charge in [-0.15, -0.1) is 0 Å². The molecule has 1 aromatic heterocycles. The summed E-state index contributed by atoms with van der Waals surface area (Å²) in [6.45, 7) is 5.34. The van der Waals surface area contributed by atoms with E-state index in [1.165, 1.54) is 0 Å². The molecule has 1 amide bonds. The number of nitrogens with one attached hydrogen (secondary N) is 2. The predicted octanol–water partition coefficient (Wildman–Crippen LogP) is 2.09. The van der Waals surface area contributed by atoms with Gasteiger partial charge in [-0.3, -0.25) is 5.43 Å². The Morgan fingerprint density at radius 3 is 2.44 bits per heavy atom. The maximum absolute atomic E-state index is 11.2. The summed E-state index contributed by atoms with van der Waals surface area (Å²) in [5.41, 5.74) is 4.31. The van der Waals surface area contributed by atoms with Crippen LogP contribution in [0.2, 0.25) is 0 Å². The first-order valence-corrected chi connectivity index (χ1v) is 5.39. The molecule has 6 nitrogen and oxygen atoms in total. The Morgan fingerprint density at radius 2 is 1.94 bits per heavy atom. The lowest BCUT2D eigenvalue weighted by molar-refractivity contribution is 0.0540. The van der Waals surface area contributed by atoms with Gasteiger partial charge in [0.25, 0.3) is 0 Å². The molecule has 0 saturated carbocycles. The molecule has 0 radical (unpaired) electrons. The standard InChI is InChI=1S/C9H13BrN4O2/c1-9(2,3)16-8(15)14-13-7-11-4-6(10)5-12-7/h4-5H,1-3H3,(H,14,15)(H,11,12,13). The summed E-state index contributed by atoms with van der Waals surface area (Å²) >= 11 is 3.20. The van der Waals surface area contributed by atoms with E-state index in [0.29, 0.717) is 0 Å². The second-order valence-corrected chi connectivity index (χ2v) is 4.89. The van der Waals surface area contributed by atoms with Gasteiger partial charge in [0.15, 0.2) is 0 Å². The molecule has 0 aromatic carbocycles. The van der Waals surface area contributed by atoms with Crippen molar-refractivity contribution in [2.45, 2.75) is 26.4 Å². The average molecular weight is 289 g/mol. The van der Waals surface area contributed by atoms with Gasteiger partial charge in [-0.05, 0) is 36.7 Å². The first-order valence-electron chi connectivity index (χ1n) is 4.59. The summed E-state index contributed by atoms with van der Waals surface area (Å²) in [6.07, 6.45) is 2.54. The molecular formula is C9H13BrN4O2. The zero-order chi connectivity index (χ0) is 12.2. The molecular weight excluding hydrogens is 276 g/mol. The lowest BCUT2D eigenvalue weighted by atomic mass is 10.2. The van der Waals surface area contributed by atoms with Gasteiger partial charge < -0.3 is 4.74 Å². The Balaban J connectivity index is 2.40. The van der Waals surface area contributed by atoms with E-state index in [-0.39, 0.29) is 5.95 Å². The van der Waals surface area contributed by atoms with Gasteiger partial charge in [-0.2, -0.15) is 0 Å². The fourth-order valence-electron chi connectivity index (χ4n) is 0.787. The molecule has 0 fully saturated rings. The Labute approximate surface area is 102 Å². The number of carbonyl (C=O) groups is 1. The second kappa shape index (κ2) is 5.11. The Hall–Kier alpha value is -1.37. The normalized spacial score (nSPS) is 10.8. The fraction of sp³-hybridized carbons (Fsp3) is 0.444. The van der Waals surface area contributed by atoms with Gasteiger partial charge in [0.1, 0.15) is 5.60 Å². The van der Waals surface area contributed by atoms with Crippen molar-refractivity contribution in [1.82, 2.24) is 15.4 Å². The van der Waals surface area contributed by atoms with Crippen molar-refractivity contribution in [1.29, 1.82) is 0 Å². The maximum atomic E-state index is 11.2. The van der Waals surface area contributed by atoms with Crippen molar-refractivity contribution in [2.75, 3.05) is 5.43 Å². The number of halogens is 1. The van der Waals surface area contributed by atoms with E-state index in [0.717, 1.165) is 4.47 Å². The molecule has 16 heavy (non-hydrogen) atoms. The summed E-state index contributed by atoms with van der Waals surface area (Å²) < 4.78 is 5.77. The number of anilines is 1. The zero-order valence-electron chi connectivity index (χ0n) is 9.24. The van der Waals surface area contributed by atoms with Crippen LogP contribution in [0, 0.1) is 0 Å². The molecule has 0 spiro atoms. The van der Waals surface area contributed by atoms with Gasteiger partial charge in [-0.25, -0.2) is 20.2 Å². The summed E-state index contributed by atoms with van der Waals surface area (Å²) in [5.74, 6) is 0.286. The summed E-state index contributed by atoms with van der Waals surface area (Å²) in [5, 5.41) is 0. The van der Waals surface area contributed by atoms with Crippen molar-refractivity contribution < 1.29 is 9.53 Å². The molecule has 1 heterocycles. The topological polar surface area (TPSA) is 76.1 Å². The number of amides is 1. The highest BCUT2D eigenvalue weighted by Gasteiger charge is 2.15. The van der Waals surface area contributed by atoms with Crippen molar-refractivity contribution in [3.8, 4) is 0 Å². The van der Waals surface area contributed by atoms with E-state index in [1.54, 1.807) is 33.2 Å². The monoisotopic (exact) mass is 288 g/mol. The minimum absolute atomic E-state index is 0.286. The summed E-state index contributed by atoms with van der Waals surface area (Å²) in [4.78, 5) is 19.1. The van der Waals surface area contributed by atoms with Gasteiger partial charge >= 0.3 is 6.09 Å². The van der Waals surface area contributed by atoms with Crippen LogP contribution < -0.4 is 10.9 Å². The third-order valence-electron chi connectivity index (χ3n) is 1.30. The van der Waals surface area contributed by atoms with Crippen molar-refractivity contribution >= 4 is 28.0 Å². The number of rotatable bonds is 2. The molecule has 2 N–H and O–H groups in total. The smallest absolute Gasteiger partial charge is 0.426 e. The summed E-state index contributed by atoms with van der Waals surface area (Å²) in [7, 11) is 0. The Kier molecular flexibility index (Phi) is 4.05. The van der Waals surface area contributed by atoms with Crippen LogP contribution in [-0.2, 0) is 4.74 Å². The van der Waals surface area contributed by atoms with Crippen LogP contribution in [0.15, 0.2) is 16.9 Å². The van der Waals surface area contributed by atoms with Crippen LogP contribution in [0.4, 0.5) is 10.7 Å². The first-order chi connectivity index (χ1) is 7.37. The predicted molar refractivity (Wildman–Crippen MR) is 62.7 cm³/mol. The molecule has 0 saturated heterocycles. The number of hydrazine groups is 1. The van der Waals surface area contributed by atoms with Crippen molar-refractivity contribution in [3.05, 3.63) is 16.9 Å². The lowest BCUT2D eigenvalue weighted by Gasteiger charge is -2.19. The van der Waals surface area contributed by atoms with Gasteiger partial charge in [0.2, 0.25) is 5.95 Å². The molecule has 0 aliphatic rings. The van der Waals surface area contributed by atoms with Crippen molar-refractivity contribution in [3.63, 3.8) is 0 Å². The van der Waals surface area contributed by atoms with E-state index < -0.39 is 11.7 Å². The number of aromatic nitrogens is 2. The quantitative estimate of drug-likeness (QED) is 0.815. The highest BCUT2D eigenvalue weighted by atomic mass is 79.9. The van der Waals surface area contributed by atoms with E-state index in [9.17, 15) is 4.79 Å². The average Bonchev–Trinajstić information content (AvgIpc) is 2.14.